The SMILES string of the molecule is CCC(Oc1ccc(OC)cc1)C(=O)Nc1ccc(Br)cc1. The molecule has 0 heterocycles. The Morgan fingerprint density at radius 3 is 2.23 bits per heavy atom. The standard InChI is InChI=1S/C17H18BrNO3/c1-3-16(22-15-10-8-14(21-2)9-11-15)17(20)19-13-6-4-12(18)5-7-13/h4-11,16H,3H2,1-2H3,(H,19,20). The van der Waals surface area contributed by atoms with Crippen LogP contribution in [0.5, 0.6) is 11.5 Å². The molecule has 1 N–H and O–H groups in total. The van der Waals surface area contributed by atoms with Crippen molar-refractivity contribution in [2.45, 2.75) is 19.4 Å². The van der Waals surface area contributed by atoms with Crippen molar-refractivity contribution in [3.05, 3.63) is 53.0 Å². The van der Waals surface area contributed by atoms with Gasteiger partial charge < -0.3 is 14.8 Å². The summed E-state index contributed by atoms with van der Waals surface area (Å²) in [4.78, 5) is 12.3. The summed E-state index contributed by atoms with van der Waals surface area (Å²) in [7, 11) is 1.61. The average Bonchev–Trinajstić information content (AvgIpc) is 2.55. The Bertz CT molecular complexity index is 611. The van der Waals surface area contributed by atoms with Crippen molar-refractivity contribution in [1.82, 2.24) is 0 Å². The summed E-state index contributed by atoms with van der Waals surface area (Å²) in [6.07, 6.45) is 0.0334. The van der Waals surface area contributed by atoms with Gasteiger partial charge in [-0.15, -0.1) is 0 Å². The molecule has 0 saturated carbocycles. The second-order valence-corrected chi connectivity index (χ2v) is 5.60. The third-order valence-corrected chi connectivity index (χ3v) is 3.64. The molecular weight excluding hydrogens is 346 g/mol. The van der Waals surface area contributed by atoms with Gasteiger partial charge in [-0.2, -0.15) is 0 Å². The lowest BCUT2D eigenvalue weighted by Crippen LogP contribution is -2.32. The van der Waals surface area contributed by atoms with Crippen LogP contribution in [0.25, 0.3) is 0 Å². The predicted octanol–water partition coefficient (Wildman–Crippen LogP) is 4.25. The van der Waals surface area contributed by atoms with Crippen LogP contribution in [0.15, 0.2) is 53.0 Å². The summed E-state index contributed by atoms with van der Waals surface area (Å²) in [5.74, 6) is 1.22. The molecule has 0 bridgehead atoms. The smallest absolute Gasteiger partial charge is 0.265 e. The minimum atomic E-state index is -0.544. The van der Waals surface area contributed by atoms with Crippen molar-refractivity contribution in [2.75, 3.05) is 12.4 Å². The van der Waals surface area contributed by atoms with Crippen LogP contribution in [-0.4, -0.2) is 19.1 Å². The first-order valence-electron chi connectivity index (χ1n) is 6.99. The highest BCUT2D eigenvalue weighted by Crippen LogP contribution is 2.20. The Morgan fingerprint density at radius 1 is 1.09 bits per heavy atom. The second-order valence-electron chi connectivity index (χ2n) is 4.69. The summed E-state index contributed by atoms with van der Waals surface area (Å²) >= 11 is 3.36. The molecule has 0 aliphatic rings. The lowest BCUT2D eigenvalue weighted by Gasteiger charge is -2.17. The number of hydrogen-bond acceptors (Lipinski definition) is 3. The molecule has 0 saturated heterocycles. The summed E-state index contributed by atoms with van der Waals surface area (Å²) < 4.78 is 11.8. The van der Waals surface area contributed by atoms with Crippen molar-refractivity contribution in [3.8, 4) is 11.5 Å². The van der Waals surface area contributed by atoms with Gasteiger partial charge in [0.05, 0.1) is 7.11 Å². The van der Waals surface area contributed by atoms with Gasteiger partial charge in [-0.3, -0.25) is 4.79 Å². The maximum atomic E-state index is 12.3. The van der Waals surface area contributed by atoms with Crippen LogP contribution >= 0.6 is 15.9 Å². The number of halogens is 1. The highest BCUT2D eigenvalue weighted by Gasteiger charge is 2.18. The molecule has 0 aliphatic heterocycles. The zero-order chi connectivity index (χ0) is 15.9. The Kier molecular flexibility index (Phi) is 5.83. The third kappa shape index (κ3) is 4.49. The second kappa shape index (κ2) is 7.84. The number of carbonyl (C=O) groups excluding carboxylic acids is 1. The molecule has 116 valence electrons. The molecule has 1 amide bonds. The molecule has 2 aromatic rings. The lowest BCUT2D eigenvalue weighted by molar-refractivity contribution is -0.122. The number of amides is 1. The van der Waals surface area contributed by atoms with Gasteiger partial charge >= 0.3 is 0 Å². The zero-order valence-corrected chi connectivity index (χ0v) is 14.1. The molecule has 4 nitrogen and oxygen atoms in total. The minimum Gasteiger partial charge on any atom is -0.497 e. The number of nitrogens with one attached hydrogen (secondary N) is 1. The quantitative estimate of drug-likeness (QED) is 0.834. The first-order chi connectivity index (χ1) is 10.6. The van der Waals surface area contributed by atoms with E-state index in [1.165, 1.54) is 0 Å². The van der Waals surface area contributed by atoms with Gasteiger partial charge in [-0.05, 0) is 55.0 Å². The molecule has 5 heteroatoms. The predicted molar refractivity (Wildman–Crippen MR) is 90.5 cm³/mol. The van der Waals surface area contributed by atoms with Gasteiger partial charge in [-0.1, -0.05) is 22.9 Å². The Hall–Kier alpha value is -2.01. The van der Waals surface area contributed by atoms with Crippen molar-refractivity contribution in [1.29, 1.82) is 0 Å². The summed E-state index contributed by atoms with van der Waals surface area (Å²) in [6.45, 7) is 1.91. The van der Waals surface area contributed by atoms with Crippen LogP contribution in [0.4, 0.5) is 5.69 Å². The van der Waals surface area contributed by atoms with E-state index in [1.54, 1.807) is 31.4 Å². The molecule has 0 spiro atoms. The van der Waals surface area contributed by atoms with Gasteiger partial charge in [0.1, 0.15) is 11.5 Å². The zero-order valence-electron chi connectivity index (χ0n) is 12.5. The van der Waals surface area contributed by atoms with Crippen LogP contribution in [0.1, 0.15) is 13.3 Å². The lowest BCUT2D eigenvalue weighted by atomic mass is 10.2. The number of carbonyl (C=O) groups is 1. The molecule has 0 fully saturated rings. The fourth-order valence-corrected chi connectivity index (χ4v) is 2.16. The van der Waals surface area contributed by atoms with E-state index >= 15 is 0 Å². The van der Waals surface area contributed by atoms with Gasteiger partial charge in [0.2, 0.25) is 0 Å². The molecule has 2 rings (SSSR count). The van der Waals surface area contributed by atoms with E-state index in [0.29, 0.717) is 12.2 Å². The fraction of sp³-hybridized carbons (Fsp3) is 0.235. The summed E-state index contributed by atoms with van der Waals surface area (Å²) in [6, 6.07) is 14.6. The van der Waals surface area contributed by atoms with Crippen molar-refractivity contribution in [2.24, 2.45) is 0 Å². The van der Waals surface area contributed by atoms with Crippen LogP contribution in [-0.2, 0) is 4.79 Å². The molecule has 2 aromatic carbocycles. The number of rotatable bonds is 6. The maximum Gasteiger partial charge on any atom is 0.265 e. The first kappa shape index (κ1) is 16.4. The van der Waals surface area contributed by atoms with Crippen molar-refractivity contribution >= 4 is 27.5 Å². The highest BCUT2D eigenvalue weighted by atomic mass is 79.9. The maximum absolute atomic E-state index is 12.3. The van der Waals surface area contributed by atoms with Crippen molar-refractivity contribution < 1.29 is 14.3 Å². The monoisotopic (exact) mass is 363 g/mol. The van der Waals surface area contributed by atoms with E-state index in [4.69, 9.17) is 9.47 Å². The van der Waals surface area contributed by atoms with E-state index in [0.717, 1.165) is 15.9 Å². The van der Waals surface area contributed by atoms with Gasteiger partial charge in [-0.25, -0.2) is 0 Å². The van der Waals surface area contributed by atoms with E-state index in [-0.39, 0.29) is 5.91 Å². The molecule has 0 radical (unpaired) electrons. The van der Waals surface area contributed by atoms with Gasteiger partial charge in [0, 0.05) is 10.2 Å². The number of ether oxygens (including phenoxy) is 2. The normalized spacial score (nSPS) is 11.6. The number of hydrogen-bond donors (Lipinski definition) is 1. The summed E-state index contributed by atoms with van der Waals surface area (Å²) in [5, 5.41) is 2.85. The van der Waals surface area contributed by atoms with E-state index in [2.05, 4.69) is 21.2 Å². The minimum absolute atomic E-state index is 0.166. The van der Waals surface area contributed by atoms with E-state index in [9.17, 15) is 4.79 Å². The van der Waals surface area contributed by atoms with Crippen LogP contribution in [0.3, 0.4) is 0 Å². The number of methoxy groups -OCH3 is 1. The third-order valence-electron chi connectivity index (χ3n) is 3.11. The van der Waals surface area contributed by atoms with Crippen molar-refractivity contribution in [3.63, 3.8) is 0 Å². The van der Waals surface area contributed by atoms with Crippen LogP contribution in [0, 0.1) is 0 Å². The van der Waals surface area contributed by atoms with Gasteiger partial charge in [0.25, 0.3) is 5.91 Å². The van der Waals surface area contributed by atoms with Gasteiger partial charge in [0.15, 0.2) is 6.10 Å². The number of anilines is 1. The first-order valence-corrected chi connectivity index (χ1v) is 7.79. The van der Waals surface area contributed by atoms with E-state index in [1.807, 2.05) is 31.2 Å². The molecule has 1 unspecified atom stereocenters. The average molecular weight is 364 g/mol. The Labute approximate surface area is 138 Å². The number of benzene rings is 2. The largest absolute Gasteiger partial charge is 0.497 e. The Balaban J connectivity index is 2.00. The summed E-state index contributed by atoms with van der Waals surface area (Å²) in [5.41, 5.74) is 0.741. The molecule has 0 aliphatic carbocycles. The molecule has 1 atom stereocenters. The van der Waals surface area contributed by atoms with Crippen LogP contribution in [0.2, 0.25) is 0 Å². The fourth-order valence-electron chi connectivity index (χ4n) is 1.90. The van der Waals surface area contributed by atoms with Crippen LogP contribution < -0.4 is 14.8 Å². The topological polar surface area (TPSA) is 47.6 Å². The molecule has 0 aromatic heterocycles. The van der Waals surface area contributed by atoms with E-state index < -0.39 is 6.10 Å². The molecular formula is C17H18BrNO3. The highest BCUT2D eigenvalue weighted by molar-refractivity contribution is 9.10. The molecule has 22 heavy (non-hydrogen) atoms. The Morgan fingerprint density at radius 2 is 1.68 bits per heavy atom.